The van der Waals surface area contributed by atoms with E-state index < -0.39 is 0 Å². The van der Waals surface area contributed by atoms with Crippen LogP contribution in [0.25, 0.3) is 0 Å². The van der Waals surface area contributed by atoms with Crippen LogP contribution in [0.3, 0.4) is 0 Å². The second kappa shape index (κ2) is 8.32. The van der Waals surface area contributed by atoms with Crippen LogP contribution < -0.4 is 10.6 Å². The van der Waals surface area contributed by atoms with Crippen LogP contribution in [-0.4, -0.2) is 50.6 Å². The molecule has 0 aliphatic carbocycles. The second-order valence-electron chi connectivity index (χ2n) is 6.81. The molecule has 0 aromatic carbocycles. The van der Waals surface area contributed by atoms with Gasteiger partial charge < -0.3 is 20.1 Å². The van der Waals surface area contributed by atoms with E-state index in [9.17, 15) is 0 Å². The van der Waals surface area contributed by atoms with E-state index in [2.05, 4.69) is 31.4 Å². The van der Waals surface area contributed by atoms with Crippen LogP contribution in [0.1, 0.15) is 46.5 Å². The quantitative estimate of drug-likeness (QED) is 0.750. The van der Waals surface area contributed by atoms with Crippen molar-refractivity contribution in [3.63, 3.8) is 0 Å². The van der Waals surface area contributed by atoms with Gasteiger partial charge in [0.25, 0.3) is 0 Å². The summed E-state index contributed by atoms with van der Waals surface area (Å²) in [6.45, 7) is 10.6. The maximum absolute atomic E-state index is 5.93. The fourth-order valence-electron chi connectivity index (χ4n) is 3.26. The van der Waals surface area contributed by atoms with Gasteiger partial charge in [-0.15, -0.1) is 0 Å². The molecule has 0 radical (unpaired) electrons. The Morgan fingerprint density at radius 3 is 2.70 bits per heavy atom. The van der Waals surface area contributed by atoms with Gasteiger partial charge >= 0.3 is 0 Å². The predicted octanol–water partition coefficient (Wildman–Crippen LogP) is 1.94. The number of nitrogens with one attached hydrogen (secondary N) is 2. The van der Waals surface area contributed by atoms with Gasteiger partial charge in [-0.3, -0.25) is 0 Å². The van der Waals surface area contributed by atoms with Gasteiger partial charge in [0.2, 0.25) is 0 Å². The molecule has 0 amide bonds. The Morgan fingerprint density at radius 1 is 1.15 bits per heavy atom. The van der Waals surface area contributed by atoms with Crippen LogP contribution in [0, 0.1) is 5.92 Å². The monoisotopic (exact) mass is 284 g/mol. The molecule has 4 nitrogen and oxygen atoms in total. The molecule has 4 unspecified atom stereocenters. The van der Waals surface area contributed by atoms with Crippen LogP contribution >= 0.6 is 0 Å². The molecule has 0 aromatic rings. The van der Waals surface area contributed by atoms with Crippen LogP contribution in [-0.2, 0) is 9.47 Å². The molecule has 2 N–H and O–H groups in total. The lowest BCUT2D eigenvalue weighted by Gasteiger charge is -2.33. The van der Waals surface area contributed by atoms with Gasteiger partial charge in [0.15, 0.2) is 0 Å². The molecule has 2 rings (SSSR count). The highest BCUT2D eigenvalue weighted by Crippen LogP contribution is 2.19. The first-order chi connectivity index (χ1) is 9.63. The SMILES string of the molecule is CC(C)NC1CCOC(CC(C)NCC2CCOC2)C1. The number of ether oxygens (including phenoxy) is 2. The van der Waals surface area contributed by atoms with Crippen LogP contribution in [0.4, 0.5) is 0 Å². The molecule has 0 aromatic heterocycles. The molecule has 118 valence electrons. The maximum Gasteiger partial charge on any atom is 0.0604 e. The van der Waals surface area contributed by atoms with E-state index in [4.69, 9.17) is 9.47 Å². The highest BCUT2D eigenvalue weighted by atomic mass is 16.5. The summed E-state index contributed by atoms with van der Waals surface area (Å²) in [5.74, 6) is 0.708. The highest BCUT2D eigenvalue weighted by molar-refractivity contribution is 4.81. The highest BCUT2D eigenvalue weighted by Gasteiger charge is 2.24. The van der Waals surface area contributed by atoms with E-state index in [-0.39, 0.29) is 0 Å². The van der Waals surface area contributed by atoms with Gasteiger partial charge in [0.1, 0.15) is 0 Å². The summed E-state index contributed by atoms with van der Waals surface area (Å²) in [5, 5.41) is 7.29. The van der Waals surface area contributed by atoms with E-state index in [1.165, 1.54) is 6.42 Å². The zero-order chi connectivity index (χ0) is 14.4. The van der Waals surface area contributed by atoms with Gasteiger partial charge in [-0.05, 0) is 38.5 Å². The fourth-order valence-corrected chi connectivity index (χ4v) is 3.26. The molecule has 2 fully saturated rings. The van der Waals surface area contributed by atoms with Gasteiger partial charge in [-0.1, -0.05) is 13.8 Å². The zero-order valence-electron chi connectivity index (χ0n) is 13.4. The molecular weight excluding hydrogens is 252 g/mol. The third kappa shape index (κ3) is 5.68. The Balaban J connectivity index is 1.63. The lowest BCUT2D eigenvalue weighted by molar-refractivity contribution is -0.00862. The molecule has 4 atom stereocenters. The lowest BCUT2D eigenvalue weighted by atomic mass is 9.97. The van der Waals surface area contributed by atoms with Crippen molar-refractivity contribution in [2.75, 3.05) is 26.4 Å². The van der Waals surface area contributed by atoms with E-state index in [0.717, 1.165) is 45.6 Å². The normalized spacial score (nSPS) is 32.7. The summed E-state index contributed by atoms with van der Waals surface area (Å²) in [6, 6.07) is 1.72. The number of hydrogen-bond acceptors (Lipinski definition) is 4. The van der Waals surface area contributed by atoms with Crippen molar-refractivity contribution in [3.8, 4) is 0 Å². The maximum atomic E-state index is 5.93. The lowest BCUT2D eigenvalue weighted by Crippen LogP contribution is -2.44. The summed E-state index contributed by atoms with van der Waals surface area (Å²) in [6.07, 6.45) is 5.03. The zero-order valence-corrected chi connectivity index (χ0v) is 13.4. The van der Waals surface area contributed by atoms with Gasteiger partial charge in [-0.25, -0.2) is 0 Å². The van der Waals surface area contributed by atoms with Crippen molar-refractivity contribution in [3.05, 3.63) is 0 Å². The van der Waals surface area contributed by atoms with E-state index in [1.54, 1.807) is 0 Å². The molecule has 20 heavy (non-hydrogen) atoms. The van der Waals surface area contributed by atoms with E-state index >= 15 is 0 Å². The van der Waals surface area contributed by atoms with Gasteiger partial charge in [0.05, 0.1) is 12.7 Å². The van der Waals surface area contributed by atoms with Crippen molar-refractivity contribution in [1.29, 1.82) is 0 Å². The molecule has 0 saturated carbocycles. The van der Waals surface area contributed by atoms with E-state index in [0.29, 0.717) is 30.1 Å². The topological polar surface area (TPSA) is 42.5 Å². The summed E-state index contributed by atoms with van der Waals surface area (Å²) < 4.78 is 11.3. The predicted molar refractivity (Wildman–Crippen MR) is 82.0 cm³/mol. The summed E-state index contributed by atoms with van der Waals surface area (Å²) in [7, 11) is 0. The number of hydrogen-bond donors (Lipinski definition) is 2. The Bertz CT molecular complexity index is 267. The molecule has 0 spiro atoms. The van der Waals surface area contributed by atoms with Gasteiger partial charge in [-0.2, -0.15) is 0 Å². The van der Waals surface area contributed by atoms with E-state index in [1.807, 2.05) is 0 Å². The fraction of sp³-hybridized carbons (Fsp3) is 1.00. The molecule has 4 heteroatoms. The van der Waals surface area contributed by atoms with Gasteiger partial charge in [0, 0.05) is 37.9 Å². The van der Waals surface area contributed by atoms with Crippen LogP contribution in [0.15, 0.2) is 0 Å². The molecule has 2 aliphatic rings. The largest absolute Gasteiger partial charge is 0.381 e. The first kappa shape index (κ1) is 16.2. The first-order valence-electron chi connectivity index (χ1n) is 8.32. The minimum Gasteiger partial charge on any atom is -0.381 e. The summed E-state index contributed by atoms with van der Waals surface area (Å²) in [4.78, 5) is 0. The Morgan fingerprint density at radius 2 is 2.00 bits per heavy atom. The Hall–Kier alpha value is -0.160. The molecule has 2 aliphatic heterocycles. The Kier molecular flexibility index (Phi) is 6.75. The van der Waals surface area contributed by atoms with Crippen LogP contribution in [0.5, 0.6) is 0 Å². The summed E-state index contributed by atoms with van der Waals surface area (Å²) in [5.41, 5.74) is 0. The average molecular weight is 284 g/mol. The smallest absolute Gasteiger partial charge is 0.0604 e. The molecule has 0 bridgehead atoms. The Labute approximate surface area is 124 Å². The minimum atomic E-state index is 0.405. The standard InChI is InChI=1S/C16H32N2O2/c1-12(2)18-15-5-7-20-16(9-15)8-13(3)17-10-14-4-6-19-11-14/h12-18H,4-11H2,1-3H3. The molecule has 2 heterocycles. The molecular formula is C16H32N2O2. The van der Waals surface area contributed by atoms with Crippen LogP contribution in [0.2, 0.25) is 0 Å². The van der Waals surface area contributed by atoms with Crippen molar-refractivity contribution in [2.24, 2.45) is 5.92 Å². The second-order valence-corrected chi connectivity index (χ2v) is 6.81. The minimum absolute atomic E-state index is 0.405. The number of rotatable bonds is 7. The first-order valence-corrected chi connectivity index (χ1v) is 8.32. The van der Waals surface area contributed by atoms with Crippen molar-refractivity contribution >= 4 is 0 Å². The molecule has 2 saturated heterocycles. The van der Waals surface area contributed by atoms with Crippen molar-refractivity contribution < 1.29 is 9.47 Å². The van der Waals surface area contributed by atoms with Crippen molar-refractivity contribution in [2.45, 2.75) is 70.7 Å². The third-order valence-corrected chi connectivity index (χ3v) is 4.33. The summed E-state index contributed by atoms with van der Waals surface area (Å²) >= 11 is 0. The third-order valence-electron chi connectivity index (χ3n) is 4.33. The average Bonchev–Trinajstić information content (AvgIpc) is 2.89. The van der Waals surface area contributed by atoms with Crippen molar-refractivity contribution in [1.82, 2.24) is 10.6 Å².